The molecule has 0 fully saturated rings. The number of Topliss-reactive ketones (excluding diaryl/α,β-unsaturated/α-hetero) is 1. The zero-order chi connectivity index (χ0) is 20.8. The van der Waals surface area contributed by atoms with Gasteiger partial charge in [-0.05, 0) is 76.2 Å². The first kappa shape index (κ1) is 20.3. The number of nitrogens with zero attached hydrogens (tertiary/aromatic N) is 3. The molecule has 1 aromatic heterocycles. The molecule has 3 rings (SSSR count). The fourth-order valence-corrected chi connectivity index (χ4v) is 3.12. The van der Waals surface area contributed by atoms with Crippen LogP contribution >= 0.6 is 0 Å². The third-order valence-electron chi connectivity index (χ3n) is 4.67. The average Bonchev–Trinajstić information content (AvgIpc) is 2.70. The molecular formula is C23H27N5O. The molecule has 0 atom stereocenters. The second-order valence-electron chi connectivity index (χ2n) is 6.79. The van der Waals surface area contributed by atoms with E-state index < -0.39 is 0 Å². The lowest BCUT2D eigenvalue weighted by Crippen LogP contribution is -2.21. The molecule has 0 radical (unpaired) electrons. The number of carbonyl (C=O) groups is 1. The van der Waals surface area contributed by atoms with Crippen molar-refractivity contribution < 1.29 is 4.79 Å². The van der Waals surface area contributed by atoms with Crippen LogP contribution in [0.1, 0.15) is 37.0 Å². The fourth-order valence-electron chi connectivity index (χ4n) is 3.12. The number of ketones is 1. The summed E-state index contributed by atoms with van der Waals surface area (Å²) in [6.07, 6.45) is 0. The van der Waals surface area contributed by atoms with Gasteiger partial charge in [-0.1, -0.05) is 0 Å². The number of aromatic nitrogens is 2. The van der Waals surface area contributed by atoms with Crippen LogP contribution in [-0.4, -0.2) is 28.8 Å². The number of anilines is 5. The third-order valence-corrected chi connectivity index (χ3v) is 4.67. The summed E-state index contributed by atoms with van der Waals surface area (Å²) in [4.78, 5) is 22.7. The monoisotopic (exact) mass is 389 g/mol. The van der Waals surface area contributed by atoms with Crippen LogP contribution in [0.25, 0.3) is 0 Å². The van der Waals surface area contributed by atoms with Gasteiger partial charge in [0, 0.05) is 41.8 Å². The van der Waals surface area contributed by atoms with Gasteiger partial charge < -0.3 is 15.5 Å². The molecule has 0 unspecified atom stereocenters. The Morgan fingerprint density at radius 3 is 1.79 bits per heavy atom. The first-order valence-electron chi connectivity index (χ1n) is 9.84. The SMILES string of the molecule is CCN(CC)c1ccc(Nc2cc(Nc3ccc(C(C)=O)cc3)nc(C)n2)cc1. The molecule has 6 heteroatoms. The topological polar surface area (TPSA) is 70.2 Å². The predicted octanol–water partition coefficient (Wildman–Crippen LogP) is 5.32. The molecule has 0 aliphatic heterocycles. The van der Waals surface area contributed by atoms with Gasteiger partial charge in [-0.3, -0.25) is 4.79 Å². The summed E-state index contributed by atoms with van der Waals surface area (Å²) in [5.41, 5.74) is 3.72. The van der Waals surface area contributed by atoms with E-state index in [0.29, 0.717) is 17.2 Å². The number of carbonyl (C=O) groups excluding carboxylic acids is 1. The maximum atomic E-state index is 11.4. The smallest absolute Gasteiger partial charge is 0.159 e. The van der Waals surface area contributed by atoms with Crippen molar-refractivity contribution in [3.63, 3.8) is 0 Å². The Kier molecular flexibility index (Phi) is 6.44. The Hall–Kier alpha value is -3.41. The number of aryl methyl sites for hydroxylation is 1. The predicted molar refractivity (Wildman–Crippen MR) is 120 cm³/mol. The van der Waals surface area contributed by atoms with Gasteiger partial charge in [-0.2, -0.15) is 0 Å². The van der Waals surface area contributed by atoms with Crippen LogP contribution in [0.4, 0.5) is 28.7 Å². The second kappa shape index (κ2) is 9.19. The standard InChI is InChI=1S/C23H27N5O/c1-5-28(6-2)21-13-11-20(12-14-21)27-23-15-22(24-17(4)25-23)26-19-9-7-18(8-10-19)16(3)29/h7-15H,5-6H2,1-4H3,(H2,24,25,26,27). The van der Waals surface area contributed by atoms with Gasteiger partial charge in [0.2, 0.25) is 0 Å². The number of hydrogen-bond acceptors (Lipinski definition) is 6. The van der Waals surface area contributed by atoms with E-state index in [-0.39, 0.29) is 5.78 Å². The highest BCUT2D eigenvalue weighted by atomic mass is 16.1. The lowest BCUT2D eigenvalue weighted by Gasteiger charge is -2.21. The van der Waals surface area contributed by atoms with E-state index in [4.69, 9.17) is 0 Å². The van der Waals surface area contributed by atoms with Gasteiger partial charge in [0.05, 0.1) is 0 Å². The van der Waals surface area contributed by atoms with Crippen LogP contribution in [0, 0.1) is 6.92 Å². The lowest BCUT2D eigenvalue weighted by molar-refractivity contribution is 0.101. The minimum atomic E-state index is 0.0490. The lowest BCUT2D eigenvalue weighted by atomic mass is 10.1. The van der Waals surface area contributed by atoms with Crippen molar-refractivity contribution in [2.45, 2.75) is 27.7 Å². The van der Waals surface area contributed by atoms with E-state index in [2.05, 4.69) is 63.6 Å². The molecule has 0 aliphatic rings. The number of benzene rings is 2. The maximum Gasteiger partial charge on any atom is 0.159 e. The van der Waals surface area contributed by atoms with Crippen molar-refractivity contribution in [3.8, 4) is 0 Å². The molecule has 6 nitrogen and oxygen atoms in total. The molecule has 0 bridgehead atoms. The minimum Gasteiger partial charge on any atom is -0.372 e. The normalized spacial score (nSPS) is 10.5. The summed E-state index contributed by atoms with van der Waals surface area (Å²) >= 11 is 0. The highest BCUT2D eigenvalue weighted by Crippen LogP contribution is 2.23. The number of nitrogens with one attached hydrogen (secondary N) is 2. The summed E-state index contributed by atoms with van der Waals surface area (Å²) < 4.78 is 0. The number of rotatable bonds is 8. The van der Waals surface area contributed by atoms with Gasteiger partial charge in [-0.25, -0.2) is 9.97 Å². The average molecular weight is 390 g/mol. The molecular weight excluding hydrogens is 362 g/mol. The first-order chi connectivity index (χ1) is 14.0. The van der Waals surface area contributed by atoms with Gasteiger partial charge in [-0.15, -0.1) is 0 Å². The third kappa shape index (κ3) is 5.31. The quantitative estimate of drug-likeness (QED) is 0.508. The zero-order valence-corrected chi connectivity index (χ0v) is 17.4. The minimum absolute atomic E-state index is 0.0490. The molecule has 0 saturated heterocycles. The Morgan fingerprint density at radius 2 is 1.34 bits per heavy atom. The highest BCUT2D eigenvalue weighted by Gasteiger charge is 2.06. The van der Waals surface area contributed by atoms with Crippen LogP contribution in [0.15, 0.2) is 54.6 Å². The Balaban J connectivity index is 1.74. The molecule has 29 heavy (non-hydrogen) atoms. The van der Waals surface area contributed by atoms with Gasteiger partial charge >= 0.3 is 0 Å². The second-order valence-corrected chi connectivity index (χ2v) is 6.79. The summed E-state index contributed by atoms with van der Waals surface area (Å²) in [6.45, 7) is 9.69. The fraction of sp³-hybridized carbons (Fsp3) is 0.261. The largest absolute Gasteiger partial charge is 0.372 e. The maximum absolute atomic E-state index is 11.4. The summed E-state index contributed by atoms with van der Waals surface area (Å²) in [6, 6.07) is 17.5. The van der Waals surface area contributed by atoms with E-state index >= 15 is 0 Å². The van der Waals surface area contributed by atoms with E-state index in [1.807, 2.05) is 25.1 Å². The molecule has 150 valence electrons. The summed E-state index contributed by atoms with van der Waals surface area (Å²) in [5, 5.41) is 6.61. The van der Waals surface area contributed by atoms with E-state index in [1.54, 1.807) is 19.1 Å². The van der Waals surface area contributed by atoms with E-state index in [1.165, 1.54) is 5.69 Å². The number of hydrogen-bond donors (Lipinski definition) is 2. The molecule has 2 N–H and O–H groups in total. The molecule has 0 spiro atoms. The molecule has 1 heterocycles. The molecule has 0 saturated carbocycles. The molecule has 2 aromatic carbocycles. The van der Waals surface area contributed by atoms with Crippen molar-refractivity contribution in [2.75, 3.05) is 28.6 Å². The van der Waals surface area contributed by atoms with Crippen molar-refractivity contribution in [1.82, 2.24) is 9.97 Å². The molecule has 3 aromatic rings. The van der Waals surface area contributed by atoms with Crippen molar-refractivity contribution >= 4 is 34.5 Å². The van der Waals surface area contributed by atoms with Gasteiger partial charge in [0.1, 0.15) is 17.5 Å². The van der Waals surface area contributed by atoms with E-state index in [0.717, 1.165) is 30.3 Å². The first-order valence-corrected chi connectivity index (χ1v) is 9.84. The Bertz CT molecular complexity index is 964. The Morgan fingerprint density at radius 1 is 0.862 bits per heavy atom. The van der Waals surface area contributed by atoms with E-state index in [9.17, 15) is 4.79 Å². The van der Waals surface area contributed by atoms with Crippen LogP contribution in [0.2, 0.25) is 0 Å². The zero-order valence-electron chi connectivity index (χ0n) is 17.4. The molecule has 0 aliphatic carbocycles. The van der Waals surface area contributed by atoms with Gasteiger partial charge in [0.25, 0.3) is 0 Å². The summed E-state index contributed by atoms with van der Waals surface area (Å²) in [7, 11) is 0. The van der Waals surface area contributed by atoms with Crippen molar-refractivity contribution in [2.24, 2.45) is 0 Å². The van der Waals surface area contributed by atoms with Crippen LogP contribution in [-0.2, 0) is 0 Å². The highest BCUT2D eigenvalue weighted by molar-refractivity contribution is 5.94. The Labute approximate surface area is 172 Å². The van der Waals surface area contributed by atoms with Crippen LogP contribution < -0.4 is 15.5 Å². The van der Waals surface area contributed by atoms with Crippen LogP contribution in [0.3, 0.4) is 0 Å². The van der Waals surface area contributed by atoms with Crippen LogP contribution in [0.5, 0.6) is 0 Å². The summed E-state index contributed by atoms with van der Waals surface area (Å²) in [5.74, 6) is 2.12. The van der Waals surface area contributed by atoms with Crippen molar-refractivity contribution in [3.05, 3.63) is 66.0 Å². The van der Waals surface area contributed by atoms with Gasteiger partial charge in [0.15, 0.2) is 5.78 Å². The molecule has 0 amide bonds. The van der Waals surface area contributed by atoms with Crippen molar-refractivity contribution in [1.29, 1.82) is 0 Å².